The molecule has 0 aliphatic carbocycles. The van der Waals surface area contributed by atoms with Crippen LogP contribution in [0.4, 0.5) is 5.95 Å². The number of para-hydroxylation sites is 2. The molecule has 0 saturated heterocycles. The summed E-state index contributed by atoms with van der Waals surface area (Å²) in [7, 11) is 1.64. The van der Waals surface area contributed by atoms with Gasteiger partial charge in [0.1, 0.15) is 6.54 Å². The van der Waals surface area contributed by atoms with Gasteiger partial charge in [0.25, 0.3) is 0 Å². The Morgan fingerprint density at radius 2 is 2.17 bits per heavy atom. The molecule has 3 aromatic rings. The summed E-state index contributed by atoms with van der Waals surface area (Å²) >= 11 is 0. The number of nitrogens with zero attached hydrogens (tertiary/aromatic N) is 4. The van der Waals surface area contributed by atoms with Crippen molar-refractivity contribution in [3.05, 3.63) is 36.0 Å². The third-order valence-corrected chi connectivity index (χ3v) is 3.54. The average Bonchev–Trinajstić information content (AvgIpc) is 3.16. The fourth-order valence-corrected chi connectivity index (χ4v) is 2.39. The number of anilines is 1. The Kier molecular flexibility index (Phi) is 5.07. The lowest BCUT2D eigenvalue weighted by Crippen LogP contribution is -2.18. The Bertz CT molecular complexity index is 796. The minimum atomic E-state index is -0.470. The van der Waals surface area contributed by atoms with E-state index >= 15 is 0 Å². The van der Waals surface area contributed by atoms with Gasteiger partial charge in [-0.1, -0.05) is 17.3 Å². The molecule has 0 saturated carbocycles. The third kappa shape index (κ3) is 3.72. The maximum absolute atomic E-state index is 9.50. The zero-order chi connectivity index (χ0) is 16.9. The van der Waals surface area contributed by atoms with Gasteiger partial charge in [-0.3, -0.25) is 0 Å². The van der Waals surface area contributed by atoms with Crippen LogP contribution in [-0.2, 0) is 17.7 Å². The Balaban J connectivity index is 1.86. The van der Waals surface area contributed by atoms with Gasteiger partial charge in [-0.05, 0) is 19.1 Å². The molecule has 0 radical (unpaired) electrons. The van der Waals surface area contributed by atoms with Crippen LogP contribution in [0.25, 0.3) is 11.0 Å². The SMILES string of the molecule is COCCc1noc(Cn2c(NCC(C)O)nc3ccccc32)n1. The summed E-state index contributed by atoms with van der Waals surface area (Å²) in [5.74, 6) is 1.79. The van der Waals surface area contributed by atoms with Crippen LogP contribution in [0, 0.1) is 0 Å². The monoisotopic (exact) mass is 331 g/mol. The predicted molar refractivity (Wildman–Crippen MR) is 88.9 cm³/mol. The Labute approximate surface area is 139 Å². The second-order valence-corrected chi connectivity index (χ2v) is 5.59. The molecular formula is C16H21N5O3. The summed E-state index contributed by atoms with van der Waals surface area (Å²) in [5, 5.41) is 16.6. The van der Waals surface area contributed by atoms with Gasteiger partial charge in [0.2, 0.25) is 11.8 Å². The zero-order valence-corrected chi connectivity index (χ0v) is 13.8. The van der Waals surface area contributed by atoms with Crippen molar-refractivity contribution in [1.82, 2.24) is 19.7 Å². The van der Waals surface area contributed by atoms with Crippen LogP contribution in [0.5, 0.6) is 0 Å². The van der Waals surface area contributed by atoms with Crippen LogP contribution in [0.15, 0.2) is 28.8 Å². The molecule has 8 nitrogen and oxygen atoms in total. The fraction of sp³-hybridized carbons (Fsp3) is 0.438. The van der Waals surface area contributed by atoms with Gasteiger partial charge in [-0.15, -0.1) is 0 Å². The first kappa shape index (κ1) is 16.4. The predicted octanol–water partition coefficient (Wildman–Crippen LogP) is 1.45. The van der Waals surface area contributed by atoms with Crippen LogP contribution in [0.1, 0.15) is 18.6 Å². The molecule has 1 aromatic carbocycles. The normalized spacial score (nSPS) is 12.6. The highest BCUT2D eigenvalue weighted by atomic mass is 16.5. The number of benzene rings is 1. The summed E-state index contributed by atoms with van der Waals surface area (Å²) in [6.45, 7) is 3.09. The molecule has 3 rings (SSSR count). The molecular weight excluding hydrogens is 310 g/mol. The molecule has 2 aromatic heterocycles. The number of aromatic nitrogens is 4. The van der Waals surface area contributed by atoms with Crippen LogP contribution >= 0.6 is 0 Å². The number of hydrogen-bond donors (Lipinski definition) is 2. The molecule has 1 atom stereocenters. The molecule has 0 fully saturated rings. The summed E-state index contributed by atoms with van der Waals surface area (Å²) in [6, 6.07) is 7.82. The molecule has 0 amide bonds. The third-order valence-electron chi connectivity index (χ3n) is 3.54. The van der Waals surface area contributed by atoms with Crippen LogP contribution < -0.4 is 5.32 Å². The molecule has 0 spiro atoms. The number of aliphatic hydroxyl groups excluding tert-OH is 1. The van der Waals surface area contributed by atoms with E-state index in [1.807, 2.05) is 28.8 Å². The quantitative estimate of drug-likeness (QED) is 0.644. The van der Waals surface area contributed by atoms with E-state index in [4.69, 9.17) is 9.26 Å². The second kappa shape index (κ2) is 7.41. The van der Waals surface area contributed by atoms with Crippen molar-refractivity contribution in [2.75, 3.05) is 25.6 Å². The highest BCUT2D eigenvalue weighted by molar-refractivity contribution is 5.78. The van der Waals surface area contributed by atoms with Crippen LogP contribution in [-0.4, -0.2) is 51.2 Å². The Morgan fingerprint density at radius 3 is 2.96 bits per heavy atom. The topological polar surface area (TPSA) is 98.2 Å². The lowest BCUT2D eigenvalue weighted by atomic mass is 10.3. The molecule has 1 unspecified atom stereocenters. The number of methoxy groups -OCH3 is 1. The van der Waals surface area contributed by atoms with Gasteiger partial charge in [0, 0.05) is 20.1 Å². The van der Waals surface area contributed by atoms with E-state index in [0.29, 0.717) is 43.8 Å². The molecule has 2 N–H and O–H groups in total. The van der Waals surface area contributed by atoms with Crippen molar-refractivity contribution < 1.29 is 14.4 Å². The van der Waals surface area contributed by atoms with Gasteiger partial charge in [0.15, 0.2) is 5.82 Å². The van der Waals surface area contributed by atoms with E-state index in [0.717, 1.165) is 11.0 Å². The first-order valence-electron chi connectivity index (χ1n) is 7.85. The summed E-state index contributed by atoms with van der Waals surface area (Å²) in [5.41, 5.74) is 1.83. The van der Waals surface area contributed by atoms with E-state index in [-0.39, 0.29) is 0 Å². The number of hydrogen-bond acceptors (Lipinski definition) is 7. The lowest BCUT2D eigenvalue weighted by Gasteiger charge is -2.10. The number of imidazole rings is 1. The number of rotatable bonds is 8. The summed E-state index contributed by atoms with van der Waals surface area (Å²) in [6.07, 6.45) is 0.139. The van der Waals surface area contributed by atoms with Gasteiger partial charge in [0.05, 0.1) is 23.7 Å². The zero-order valence-electron chi connectivity index (χ0n) is 13.8. The van der Waals surface area contributed by atoms with E-state index in [2.05, 4.69) is 20.4 Å². The number of ether oxygens (including phenoxy) is 1. The van der Waals surface area contributed by atoms with E-state index < -0.39 is 6.10 Å². The van der Waals surface area contributed by atoms with Crippen LogP contribution in [0.2, 0.25) is 0 Å². The number of fused-ring (bicyclic) bond motifs is 1. The molecule has 0 aliphatic heterocycles. The van der Waals surface area contributed by atoms with Gasteiger partial charge in [-0.2, -0.15) is 4.98 Å². The van der Waals surface area contributed by atoms with Gasteiger partial charge < -0.3 is 24.3 Å². The van der Waals surface area contributed by atoms with Crippen LogP contribution in [0.3, 0.4) is 0 Å². The van der Waals surface area contributed by atoms with Crippen molar-refractivity contribution in [2.24, 2.45) is 0 Å². The van der Waals surface area contributed by atoms with Crippen molar-refractivity contribution in [3.8, 4) is 0 Å². The molecule has 0 bridgehead atoms. The molecule has 2 heterocycles. The number of nitrogens with one attached hydrogen (secondary N) is 1. The molecule has 128 valence electrons. The second-order valence-electron chi connectivity index (χ2n) is 5.59. The highest BCUT2D eigenvalue weighted by Crippen LogP contribution is 2.21. The minimum absolute atomic E-state index is 0.405. The maximum atomic E-state index is 9.50. The average molecular weight is 331 g/mol. The minimum Gasteiger partial charge on any atom is -0.392 e. The van der Waals surface area contributed by atoms with E-state index in [1.54, 1.807) is 14.0 Å². The maximum Gasteiger partial charge on any atom is 0.246 e. The standard InChI is InChI=1S/C16H21N5O3/c1-11(22)9-17-16-18-12-5-3-4-6-13(12)21(16)10-15-19-14(20-24-15)7-8-23-2/h3-6,11,22H,7-10H2,1-2H3,(H,17,18). The Hall–Kier alpha value is -2.45. The van der Waals surface area contributed by atoms with Crippen molar-refractivity contribution >= 4 is 17.0 Å². The van der Waals surface area contributed by atoms with Crippen molar-refractivity contribution in [3.63, 3.8) is 0 Å². The van der Waals surface area contributed by atoms with Gasteiger partial charge in [-0.25, -0.2) is 4.98 Å². The lowest BCUT2D eigenvalue weighted by molar-refractivity contribution is 0.199. The highest BCUT2D eigenvalue weighted by Gasteiger charge is 2.14. The van der Waals surface area contributed by atoms with E-state index in [1.165, 1.54) is 0 Å². The molecule has 24 heavy (non-hydrogen) atoms. The fourth-order valence-electron chi connectivity index (χ4n) is 2.39. The first-order chi connectivity index (χ1) is 11.7. The number of aliphatic hydroxyl groups is 1. The van der Waals surface area contributed by atoms with Crippen molar-refractivity contribution in [1.29, 1.82) is 0 Å². The molecule has 0 aliphatic rings. The Morgan fingerprint density at radius 1 is 1.33 bits per heavy atom. The first-order valence-corrected chi connectivity index (χ1v) is 7.85. The summed E-state index contributed by atoms with van der Waals surface area (Å²) < 4.78 is 12.3. The van der Waals surface area contributed by atoms with Gasteiger partial charge >= 0.3 is 0 Å². The smallest absolute Gasteiger partial charge is 0.246 e. The largest absolute Gasteiger partial charge is 0.392 e. The van der Waals surface area contributed by atoms with Crippen molar-refractivity contribution in [2.45, 2.75) is 26.0 Å². The molecule has 8 heteroatoms. The summed E-state index contributed by atoms with van der Waals surface area (Å²) in [4.78, 5) is 8.95. The van der Waals surface area contributed by atoms with E-state index in [9.17, 15) is 5.11 Å².